The summed E-state index contributed by atoms with van der Waals surface area (Å²) < 4.78 is 22.2. The van der Waals surface area contributed by atoms with E-state index in [0.717, 1.165) is 0 Å². The lowest BCUT2D eigenvalue weighted by Crippen LogP contribution is -2.41. The number of carbonyl (C=O) groups is 1. The SMILES string of the molecule is CCOP(=O)(CN(C)[C@@H](CO)C(=O)O)OCC. The third-order valence-electron chi connectivity index (χ3n) is 2.04. The van der Waals surface area contributed by atoms with Crippen molar-refractivity contribution in [2.24, 2.45) is 0 Å². The number of aliphatic hydroxyl groups is 1. The van der Waals surface area contributed by atoms with Crippen LogP contribution in [0.1, 0.15) is 13.8 Å². The number of aliphatic hydroxyl groups excluding tert-OH is 1. The largest absolute Gasteiger partial charge is 0.480 e. The van der Waals surface area contributed by atoms with Crippen LogP contribution in [0.5, 0.6) is 0 Å². The zero-order valence-corrected chi connectivity index (χ0v) is 11.2. The Bertz CT molecular complexity index is 275. The standard InChI is InChI=1S/C9H20NO6P/c1-4-15-17(14,16-5-2)7-10(3)8(6-11)9(12)13/h8,11H,4-7H2,1-3H3,(H,12,13)/t8-/m0/s1. The molecular formula is C9H20NO6P. The first kappa shape index (κ1) is 16.5. The maximum Gasteiger partial charge on any atom is 0.344 e. The van der Waals surface area contributed by atoms with E-state index < -0.39 is 26.2 Å². The number of aliphatic carboxylic acids is 1. The Morgan fingerprint density at radius 3 is 2.12 bits per heavy atom. The average molecular weight is 269 g/mol. The molecule has 1 atom stereocenters. The third-order valence-corrected chi connectivity index (χ3v) is 4.13. The number of hydrogen-bond acceptors (Lipinski definition) is 6. The van der Waals surface area contributed by atoms with Crippen molar-refractivity contribution in [1.29, 1.82) is 0 Å². The van der Waals surface area contributed by atoms with Crippen LogP contribution in [0.4, 0.5) is 0 Å². The van der Waals surface area contributed by atoms with E-state index in [4.69, 9.17) is 19.3 Å². The van der Waals surface area contributed by atoms with Crippen LogP contribution in [0.15, 0.2) is 0 Å². The molecular weight excluding hydrogens is 249 g/mol. The van der Waals surface area contributed by atoms with Crippen LogP contribution in [0, 0.1) is 0 Å². The predicted octanol–water partition coefficient (Wildman–Crippen LogP) is 0.587. The molecule has 0 unspecified atom stereocenters. The van der Waals surface area contributed by atoms with Crippen molar-refractivity contribution in [3.05, 3.63) is 0 Å². The second-order valence-electron chi connectivity index (χ2n) is 3.38. The second kappa shape index (κ2) is 7.79. The van der Waals surface area contributed by atoms with Crippen LogP contribution < -0.4 is 0 Å². The Labute approximate surface area is 101 Å². The lowest BCUT2D eigenvalue weighted by Gasteiger charge is -2.26. The minimum Gasteiger partial charge on any atom is -0.480 e. The average Bonchev–Trinajstić information content (AvgIpc) is 2.17. The van der Waals surface area contributed by atoms with Crippen molar-refractivity contribution in [1.82, 2.24) is 4.90 Å². The number of carboxylic acids is 1. The van der Waals surface area contributed by atoms with E-state index in [0.29, 0.717) is 0 Å². The Kier molecular flexibility index (Phi) is 7.58. The number of rotatable bonds is 9. The highest BCUT2D eigenvalue weighted by molar-refractivity contribution is 7.53. The molecule has 0 heterocycles. The molecule has 0 rings (SSSR count). The molecule has 0 aromatic carbocycles. The number of nitrogens with zero attached hydrogens (tertiary/aromatic N) is 1. The highest BCUT2D eigenvalue weighted by atomic mass is 31.2. The van der Waals surface area contributed by atoms with Gasteiger partial charge in [0.2, 0.25) is 0 Å². The van der Waals surface area contributed by atoms with Gasteiger partial charge < -0.3 is 19.3 Å². The fourth-order valence-electron chi connectivity index (χ4n) is 1.29. The lowest BCUT2D eigenvalue weighted by atomic mass is 10.3. The Hall–Kier alpha value is -0.460. The fourth-order valence-corrected chi connectivity index (χ4v) is 3.06. The third kappa shape index (κ3) is 5.61. The van der Waals surface area contributed by atoms with E-state index >= 15 is 0 Å². The van der Waals surface area contributed by atoms with Gasteiger partial charge >= 0.3 is 13.6 Å². The summed E-state index contributed by atoms with van der Waals surface area (Å²) in [4.78, 5) is 12.0. The summed E-state index contributed by atoms with van der Waals surface area (Å²) in [5.41, 5.74) is 0. The van der Waals surface area contributed by atoms with Gasteiger partial charge in [-0.15, -0.1) is 0 Å². The molecule has 102 valence electrons. The molecule has 0 aliphatic heterocycles. The monoisotopic (exact) mass is 269 g/mol. The van der Waals surface area contributed by atoms with Gasteiger partial charge in [0.15, 0.2) is 0 Å². The van der Waals surface area contributed by atoms with Gasteiger partial charge in [0, 0.05) is 0 Å². The van der Waals surface area contributed by atoms with Crippen molar-refractivity contribution in [2.75, 3.05) is 33.2 Å². The molecule has 0 saturated carbocycles. The van der Waals surface area contributed by atoms with Gasteiger partial charge in [-0.3, -0.25) is 14.3 Å². The summed E-state index contributed by atoms with van der Waals surface area (Å²) in [6, 6.07) is -1.12. The maximum atomic E-state index is 12.1. The van der Waals surface area contributed by atoms with E-state index in [2.05, 4.69) is 0 Å². The number of hydrogen-bond donors (Lipinski definition) is 2. The molecule has 0 fully saturated rings. The maximum absolute atomic E-state index is 12.1. The zero-order valence-electron chi connectivity index (χ0n) is 10.3. The topological polar surface area (TPSA) is 96.3 Å². The summed E-state index contributed by atoms with van der Waals surface area (Å²) >= 11 is 0. The van der Waals surface area contributed by atoms with Gasteiger partial charge in [-0.05, 0) is 20.9 Å². The van der Waals surface area contributed by atoms with Crippen LogP contribution in [0.3, 0.4) is 0 Å². The van der Waals surface area contributed by atoms with Crippen molar-refractivity contribution in [3.8, 4) is 0 Å². The fraction of sp³-hybridized carbons (Fsp3) is 0.889. The quantitative estimate of drug-likeness (QED) is 0.591. The van der Waals surface area contributed by atoms with E-state index in [9.17, 15) is 9.36 Å². The van der Waals surface area contributed by atoms with Crippen molar-refractivity contribution < 1.29 is 28.6 Å². The summed E-state index contributed by atoms with van der Waals surface area (Å²) in [5, 5.41) is 17.8. The zero-order chi connectivity index (χ0) is 13.5. The van der Waals surface area contributed by atoms with E-state index in [1.807, 2.05) is 0 Å². The first-order chi connectivity index (χ1) is 7.90. The number of carboxylic acid groups (broad SMARTS) is 1. The molecule has 0 aliphatic carbocycles. The van der Waals surface area contributed by atoms with E-state index in [-0.39, 0.29) is 19.5 Å². The number of likely N-dealkylation sites (N-methyl/N-ethyl adjacent to an activating group) is 1. The Balaban J connectivity index is 4.64. The van der Waals surface area contributed by atoms with Crippen LogP contribution in [-0.2, 0) is 18.4 Å². The van der Waals surface area contributed by atoms with Crippen molar-refractivity contribution in [3.63, 3.8) is 0 Å². The molecule has 7 nitrogen and oxygen atoms in total. The van der Waals surface area contributed by atoms with Crippen molar-refractivity contribution in [2.45, 2.75) is 19.9 Å². The first-order valence-electron chi connectivity index (χ1n) is 5.32. The molecule has 0 aliphatic rings. The molecule has 17 heavy (non-hydrogen) atoms. The molecule has 0 spiro atoms. The van der Waals surface area contributed by atoms with Gasteiger partial charge in [-0.1, -0.05) is 0 Å². The molecule has 2 N–H and O–H groups in total. The van der Waals surface area contributed by atoms with Crippen LogP contribution in [0.2, 0.25) is 0 Å². The molecule has 0 aromatic rings. The molecule has 0 bridgehead atoms. The van der Waals surface area contributed by atoms with Crippen molar-refractivity contribution >= 4 is 13.6 Å². The summed E-state index contributed by atoms with van der Waals surface area (Å²) in [6.07, 6.45) is -0.174. The molecule has 0 radical (unpaired) electrons. The van der Waals surface area contributed by atoms with Crippen LogP contribution >= 0.6 is 7.60 Å². The molecule has 8 heteroatoms. The molecule has 0 saturated heterocycles. The van der Waals surface area contributed by atoms with Gasteiger partial charge in [0.05, 0.1) is 19.8 Å². The van der Waals surface area contributed by atoms with Crippen LogP contribution in [0.25, 0.3) is 0 Å². The summed E-state index contributed by atoms with van der Waals surface area (Å²) in [7, 11) is -1.89. The summed E-state index contributed by atoms with van der Waals surface area (Å²) in [5.74, 6) is -1.19. The first-order valence-corrected chi connectivity index (χ1v) is 7.05. The minimum absolute atomic E-state index is 0.174. The predicted molar refractivity (Wildman–Crippen MR) is 62.0 cm³/mol. The van der Waals surface area contributed by atoms with Gasteiger partial charge in [0.1, 0.15) is 12.3 Å². The minimum atomic E-state index is -3.33. The normalized spacial score (nSPS) is 13.9. The molecule has 0 amide bonds. The smallest absolute Gasteiger partial charge is 0.344 e. The van der Waals surface area contributed by atoms with E-state index in [1.165, 1.54) is 11.9 Å². The van der Waals surface area contributed by atoms with Gasteiger partial charge in [-0.25, -0.2) is 0 Å². The van der Waals surface area contributed by atoms with Gasteiger partial charge in [0.25, 0.3) is 0 Å². The molecule has 0 aromatic heterocycles. The lowest BCUT2D eigenvalue weighted by molar-refractivity contribution is -0.143. The highest BCUT2D eigenvalue weighted by Crippen LogP contribution is 2.48. The highest BCUT2D eigenvalue weighted by Gasteiger charge is 2.31. The second-order valence-corrected chi connectivity index (χ2v) is 5.40. The Morgan fingerprint density at radius 2 is 1.82 bits per heavy atom. The van der Waals surface area contributed by atoms with Gasteiger partial charge in [-0.2, -0.15) is 0 Å². The van der Waals surface area contributed by atoms with E-state index in [1.54, 1.807) is 13.8 Å². The van der Waals surface area contributed by atoms with Crippen LogP contribution in [-0.4, -0.2) is 60.3 Å². The Morgan fingerprint density at radius 1 is 1.35 bits per heavy atom. The summed E-state index contributed by atoms with van der Waals surface area (Å²) in [6.45, 7) is 3.20.